The summed E-state index contributed by atoms with van der Waals surface area (Å²) < 4.78 is 0. The van der Waals surface area contributed by atoms with Crippen molar-refractivity contribution in [3.63, 3.8) is 0 Å². The fraction of sp³-hybridized carbons (Fsp3) is 0.130. The van der Waals surface area contributed by atoms with Gasteiger partial charge in [0, 0.05) is 19.2 Å². The minimum absolute atomic E-state index is 0.292. The number of hydrogen-bond acceptors (Lipinski definition) is 2. The summed E-state index contributed by atoms with van der Waals surface area (Å²) in [4.78, 5) is 2.34. The Morgan fingerprint density at radius 1 is 0.760 bits per heavy atom. The number of phenolic OH excluding ortho intramolecular Hbond substituents is 1. The first-order chi connectivity index (χ1) is 12.2. The van der Waals surface area contributed by atoms with Crippen LogP contribution in [0.3, 0.4) is 0 Å². The van der Waals surface area contributed by atoms with Gasteiger partial charge in [0.15, 0.2) is 0 Å². The molecule has 1 heterocycles. The van der Waals surface area contributed by atoms with Crippen LogP contribution in [0.4, 0.5) is 0 Å². The van der Waals surface area contributed by atoms with Gasteiger partial charge in [-0.1, -0.05) is 66.7 Å². The van der Waals surface area contributed by atoms with Crippen molar-refractivity contribution >= 4 is 11.3 Å². The van der Waals surface area contributed by atoms with Crippen LogP contribution in [-0.2, 0) is 6.42 Å². The highest BCUT2D eigenvalue weighted by molar-refractivity contribution is 5.99. The lowest BCUT2D eigenvalue weighted by Gasteiger charge is -2.24. The maximum absolute atomic E-state index is 9.71. The van der Waals surface area contributed by atoms with Crippen LogP contribution in [0.25, 0.3) is 11.3 Å². The maximum Gasteiger partial charge on any atom is 0.115 e. The molecule has 4 rings (SSSR count). The van der Waals surface area contributed by atoms with E-state index in [1.165, 1.54) is 28.0 Å². The van der Waals surface area contributed by atoms with Gasteiger partial charge in [-0.15, -0.1) is 0 Å². The van der Waals surface area contributed by atoms with Crippen molar-refractivity contribution in [2.75, 3.05) is 13.6 Å². The summed E-state index contributed by atoms with van der Waals surface area (Å²) >= 11 is 0. The van der Waals surface area contributed by atoms with E-state index in [2.05, 4.69) is 66.5 Å². The first-order valence-electron chi connectivity index (χ1n) is 8.62. The van der Waals surface area contributed by atoms with Gasteiger partial charge < -0.3 is 10.0 Å². The number of nitrogens with zero attached hydrogens (tertiary/aromatic N) is 1. The fourth-order valence-electron chi connectivity index (χ4n) is 3.58. The van der Waals surface area contributed by atoms with E-state index in [0.29, 0.717) is 5.75 Å². The van der Waals surface area contributed by atoms with Gasteiger partial charge in [-0.2, -0.15) is 0 Å². The maximum atomic E-state index is 9.71. The zero-order valence-corrected chi connectivity index (χ0v) is 14.3. The van der Waals surface area contributed by atoms with E-state index in [1.807, 2.05) is 12.1 Å². The number of benzene rings is 3. The van der Waals surface area contributed by atoms with Crippen molar-refractivity contribution in [2.45, 2.75) is 6.42 Å². The number of likely N-dealkylation sites (N-methyl/N-ethyl adjacent to an activating group) is 1. The molecule has 3 aromatic carbocycles. The molecule has 0 unspecified atom stereocenters. The SMILES string of the molecule is CN1CCc2ccccc2C(c2ccc(O)cc2)=C1c1ccccc1. The predicted molar refractivity (Wildman–Crippen MR) is 103 cm³/mol. The molecule has 0 atom stereocenters. The molecule has 0 saturated carbocycles. The highest BCUT2D eigenvalue weighted by Crippen LogP contribution is 2.38. The Balaban J connectivity index is 2.05. The molecule has 1 aliphatic heterocycles. The number of fused-ring (bicyclic) bond motifs is 1. The molecule has 1 aliphatic rings. The average molecular weight is 327 g/mol. The third-order valence-corrected chi connectivity index (χ3v) is 4.82. The van der Waals surface area contributed by atoms with Crippen LogP contribution in [0, 0.1) is 0 Å². The van der Waals surface area contributed by atoms with Crippen LogP contribution >= 0.6 is 0 Å². The minimum atomic E-state index is 0.292. The summed E-state index contributed by atoms with van der Waals surface area (Å²) in [6, 6.07) is 26.7. The topological polar surface area (TPSA) is 23.5 Å². The Labute approximate surface area is 148 Å². The summed E-state index contributed by atoms with van der Waals surface area (Å²) in [5.74, 6) is 0.292. The van der Waals surface area contributed by atoms with Crippen LogP contribution in [-0.4, -0.2) is 23.6 Å². The Morgan fingerprint density at radius 2 is 1.44 bits per heavy atom. The van der Waals surface area contributed by atoms with Gasteiger partial charge in [-0.25, -0.2) is 0 Å². The molecular weight excluding hydrogens is 306 g/mol. The quantitative estimate of drug-likeness (QED) is 0.731. The van der Waals surface area contributed by atoms with Crippen molar-refractivity contribution in [3.8, 4) is 5.75 Å². The van der Waals surface area contributed by atoms with E-state index in [9.17, 15) is 5.11 Å². The van der Waals surface area contributed by atoms with Gasteiger partial charge in [0.25, 0.3) is 0 Å². The zero-order chi connectivity index (χ0) is 17.2. The van der Waals surface area contributed by atoms with Crippen molar-refractivity contribution < 1.29 is 5.11 Å². The fourth-order valence-corrected chi connectivity index (χ4v) is 3.58. The summed E-state index contributed by atoms with van der Waals surface area (Å²) in [6.07, 6.45) is 1.02. The van der Waals surface area contributed by atoms with Crippen molar-refractivity contribution in [1.29, 1.82) is 0 Å². The minimum Gasteiger partial charge on any atom is -0.508 e. The number of rotatable bonds is 2. The van der Waals surface area contributed by atoms with E-state index in [1.54, 1.807) is 12.1 Å². The van der Waals surface area contributed by atoms with Crippen molar-refractivity contribution in [3.05, 3.63) is 101 Å². The van der Waals surface area contributed by atoms with Gasteiger partial charge >= 0.3 is 0 Å². The highest BCUT2D eigenvalue weighted by atomic mass is 16.3. The summed E-state index contributed by atoms with van der Waals surface area (Å²) in [7, 11) is 2.16. The van der Waals surface area contributed by atoms with Crippen LogP contribution in [0.5, 0.6) is 5.75 Å². The molecule has 3 aromatic rings. The van der Waals surface area contributed by atoms with Gasteiger partial charge in [0.1, 0.15) is 5.75 Å². The second-order valence-corrected chi connectivity index (χ2v) is 6.47. The lowest BCUT2D eigenvalue weighted by atomic mass is 9.90. The molecule has 0 aromatic heterocycles. The van der Waals surface area contributed by atoms with E-state index in [4.69, 9.17) is 0 Å². The molecule has 0 radical (unpaired) electrons. The summed E-state index contributed by atoms with van der Waals surface area (Å²) in [5.41, 5.74) is 7.43. The third-order valence-electron chi connectivity index (χ3n) is 4.82. The second kappa shape index (κ2) is 6.48. The molecule has 2 nitrogen and oxygen atoms in total. The first kappa shape index (κ1) is 15.5. The van der Waals surface area contributed by atoms with Gasteiger partial charge in [0.2, 0.25) is 0 Å². The Morgan fingerprint density at radius 3 is 2.20 bits per heavy atom. The number of phenols is 1. The van der Waals surface area contributed by atoms with E-state index in [0.717, 1.165) is 18.5 Å². The second-order valence-electron chi connectivity index (χ2n) is 6.47. The molecular formula is C23H21NO. The Bertz CT molecular complexity index is 910. The molecule has 0 aliphatic carbocycles. The summed E-state index contributed by atoms with van der Waals surface area (Å²) in [6.45, 7) is 0.975. The van der Waals surface area contributed by atoms with Crippen LogP contribution < -0.4 is 0 Å². The van der Waals surface area contributed by atoms with E-state index in [-0.39, 0.29) is 0 Å². The molecule has 25 heavy (non-hydrogen) atoms. The molecule has 1 N–H and O–H groups in total. The average Bonchev–Trinajstić information content (AvgIpc) is 2.80. The van der Waals surface area contributed by atoms with Crippen LogP contribution in [0.1, 0.15) is 22.3 Å². The highest BCUT2D eigenvalue weighted by Gasteiger charge is 2.22. The normalized spacial score (nSPS) is 14.2. The predicted octanol–water partition coefficient (Wildman–Crippen LogP) is 4.80. The standard InChI is InChI=1S/C23H21NO/c1-24-16-15-17-7-5-6-10-21(17)22(18-11-13-20(25)14-12-18)23(24)19-8-3-2-4-9-19/h2-14,25H,15-16H2,1H3. The Kier molecular flexibility index (Phi) is 4.02. The largest absolute Gasteiger partial charge is 0.508 e. The molecule has 0 saturated heterocycles. The van der Waals surface area contributed by atoms with Gasteiger partial charge in [0.05, 0.1) is 5.70 Å². The molecule has 0 amide bonds. The monoisotopic (exact) mass is 327 g/mol. The number of aromatic hydroxyl groups is 1. The Hall–Kier alpha value is -3.00. The third kappa shape index (κ3) is 2.91. The van der Waals surface area contributed by atoms with Crippen molar-refractivity contribution in [2.24, 2.45) is 0 Å². The van der Waals surface area contributed by atoms with Gasteiger partial charge in [-0.05, 0) is 40.8 Å². The molecule has 124 valence electrons. The summed E-state index contributed by atoms with van der Waals surface area (Å²) in [5, 5.41) is 9.71. The van der Waals surface area contributed by atoms with Crippen LogP contribution in [0.2, 0.25) is 0 Å². The zero-order valence-electron chi connectivity index (χ0n) is 14.3. The molecule has 0 bridgehead atoms. The molecule has 0 spiro atoms. The van der Waals surface area contributed by atoms with E-state index < -0.39 is 0 Å². The van der Waals surface area contributed by atoms with E-state index >= 15 is 0 Å². The number of hydrogen-bond donors (Lipinski definition) is 1. The van der Waals surface area contributed by atoms with Gasteiger partial charge in [-0.3, -0.25) is 0 Å². The smallest absolute Gasteiger partial charge is 0.115 e. The molecule has 0 fully saturated rings. The first-order valence-corrected chi connectivity index (χ1v) is 8.62. The van der Waals surface area contributed by atoms with Crippen molar-refractivity contribution in [1.82, 2.24) is 4.90 Å². The lowest BCUT2D eigenvalue weighted by molar-refractivity contribution is 0.475. The lowest BCUT2D eigenvalue weighted by Crippen LogP contribution is -2.19. The molecule has 2 heteroatoms. The van der Waals surface area contributed by atoms with Crippen LogP contribution in [0.15, 0.2) is 78.9 Å².